The molecule has 0 spiro atoms. The molecule has 0 amide bonds. The van der Waals surface area contributed by atoms with Crippen molar-refractivity contribution in [3.8, 4) is 11.5 Å². The van der Waals surface area contributed by atoms with Gasteiger partial charge in [-0.2, -0.15) is 0 Å². The van der Waals surface area contributed by atoms with E-state index < -0.39 is 0 Å². The van der Waals surface area contributed by atoms with E-state index in [0.717, 1.165) is 22.6 Å². The van der Waals surface area contributed by atoms with Crippen molar-refractivity contribution in [2.45, 2.75) is 5.92 Å². The predicted octanol–water partition coefficient (Wildman–Crippen LogP) is 2.12. The molecule has 1 aromatic carbocycles. The Hall–Kier alpha value is -1.94. The molecule has 1 aromatic heterocycles. The van der Waals surface area contributed by atoms with Crippen LogP contribution in [-0.2, 0) is 0 Å². The molecular formula is C14H18N2O2. The van der Waals surface area contributed by atoms with Crippen molar-refractivity contribution >= 4 is 0 Å². The molecule has 1 atom stereocenters. The van der Waals surface area contributed by atoms with E-state index in [-0.39, 0.29) is 5.92 Å². The van der Waals surface area contributed by atoms with Crippen LogP contribution in [0.15, 0.2) is 36.7 Å². The first-order valence-corrected chi connectivity index (χ1v) is 5.84. The minimum absolute atomic E-state index is 0.122. The molecule has 0 bridgehead atoms. The van der Waals surface area contributed by atoms with Gasteiger partial charge in [0.1, 0.15) is 11.5 Å². The largest absolute Gasteiger partial charge is 0.497 e. The number of benzene rings is 1. The number of nitrogens with two attached hydrogens (primary N) is 1. The number of aromatic amines is 1. The summed E-state index contributed by atoms with van der Waals surface area (Å²) in [6.07, 6.45) is 3.86. The summed E-state index contributed by atoms with van der Waals surface area (Å²) in [7, 11) is 3.30. The summed E-state index contributed by atoms with van der Waals surface area (Å²) in [5.41, 5.74) is 8.11. The highest BCUT2D eigenvalue weighted by molar-refractivity contribution is 5.46. The highest BCUT2D eigenvalue weighted by Gasteiger charge is 2.17. The van der Waals surface area contributed by atoms with E-state index in [1.165, 1.54) is 0 Å². The zero-order valence-electron chi connectivity index (χ0n) is 10.6. The molecule has 4 nitrogen and oxygen atoms in total. The van der Waals surface area contributed by atoms with E-state index in [1.54, 1.807) is 14.2 Å². The van der Waals surface area contributed by atoms with Crippen molar-refractivity contribution in [3.05, 3.63) is 47.8 Å². The summed E-state index contributed by atoms with van der Waals surface area (Å²) in [5, 5.41) is 0. The topological polar surface area (TPSA) is 60.3 Å². The number of ether oxygens (including phenoxy) is 2. The monoisotopic (exact) mass is 246 g/mol. The summed E-state index contributed by atoms with van der Waals surface area (Å²) in [4.78, 5) is 3.05. The van der Waals surface area contributed by atoms with E-state index in [9.17, 15) is 0 Å². The first-order chi connectivity index (χ1) is 8.80. The maximum Gasteiger partial charge on any atom is 0.126 e. The van der Waals surface area contributed by atoms with Gasteiger partial charge in [0.15, 0.2) is 0 Å². The molecule has 1 heterocycles. The van der Waals surface area contributed by atoms with Gasteiger partial charge in [-0.15, -0.1) is 0 Å². The fraction of sp³-hybridized carbons (Fsp3) is 0.286. The van der Waals surface area contributed by atoms with Gasteiger partial charge in [0, 0.05) is 36.5 Å². The van der Waals surface area contributed by atoms with Crippen LogP contribution >= 0.6 is 0 Å². The Balaban J connectivity index is 2.42. The zero-order chi connectivity index (χ0) is 13.0. The molecule has 0 fully saturated rings. The van der Waals surface area contributed by atoms with Crippen molar-refractivity contribution < 1.29 is 9.47 Å². The van der Waals surface area contributed by atoms with E-state index in [0.29, 0.717) is 6.54 Å². The lowest BCUT2D eigenvalue weighted by Gasteiger charge is -2.18. The van der Waals surface area contributed by atoms with E-state index >= 15 is 0 Å². The van der Waals surface area contributed by atoms with Gasteiger partial charge < -0.3 is 20.2 Å². The van der Waals surface area contributed by atoms with E-state index in [4.69, 9.17) is 15.2 Å². The van der Waals surface area contributed by atoms with Gasteiger partial charge in [-0.1, -0.05) is 6.07 Å². The van der Waals surface area contributed by atoms with Crippen molar-refractivity contribution in [2.24, 2.45) is 5.73 Å². The van der Waals surface area contributed by atoms with Crippen LogP contribution in [0.4, 0.5) is 0 Å². The van der Waals surface area contributed by atoms with Gasteiger partial charge in [-0.25, -0.2) is 0 Å². The minimum atomic E-state index is 0.122. The van der Waals surface area contributed by atoms with Crippen LogP contribution in [0.1, 0.15) is 17.0 Å². The zero-order valence-corrected chi connectivity index (χ0v) is 10.6. The lowest BCUT2D eigenvalue weighted by atomic mass is 9.92. The summed E-state index contributed by atoms with van der Waals surface area (Å²) in [6.45, 7) is 0.528. The molecule has 0 saturated carbocycles. The van der Waals surface area contributed by atoms with Gasteiger partial charge in [-0.3, -0.25) is 0 Å². The van der Waals surface area contributed by atoms with Gasteiger partial charge in [-0.05, 0) is 17.7 Å². The Kier molecular flexibility index (Phi) is 3.89. The Morgan fingerprint density at radius 2 is 2.06 bits per heavy atom. The van der Waals surface area contributed by atoms with E-state index in [2.05, 4.69) is 4.98 Å². The van der Waals surface area contributed by atoms with Crippen LogP contribution in [0.5, 0.6) is 11.5 Å². The Bertz CT molecular complexity index is 495. The maximum absolute atomic E-state index is 5.89. The number of H-pyrrole nitrogens is 1. The number of rotatable bonds is 5. The number of aromatic nitrogens is 1. The molecule has 0 aliphatic carbocycles. The molecule has 2 aromatic rings. The van der Waals surface area contributed by atoms with Crippen LogP contribution in [0.2, 0.25) is 0 Å². The molecule has 4 heteroatoms. The van der Waals surface area contributed by atoms with Crippen molar-refractivity contribution in [1.29, 1.82) is 0 Å². The quantitative estimate of drug-likeness (QED) is 0.849. The van der Waals surface area contributed by atoms with E-state index in [1.807, 2.05) is 36.7 Å². The predicted molar refractivity (Wildman–Crippen MR) is 71.2 cm³/mol. The molecule has 1 unspecified atom stereocenters. The molecule has 0 saturated heterocycles. The normalized spacial score (nSPS) is 12.2. The molecule has 0 aliphatic heterocycles. The standard InChI is InChI=1S/C14H18N2O2/c1-17-11-3-4-12(14(7-11)18-2)13(8-15)10-5-6-16-9-10/h3-7,9,13,16H,8,15H2,1-2H3. The molecule has 3 N–H and O–H groups in total. The summed E-state index contributed by atoms with van der Waals surface area (Å²) >= 11 is 0. The molecule has 0 aliphatic rings. The van der Waals surface area contributed by atoms with Crippen molar-refractivity contribution in [3.63, 3.8) is 0 Å². The second-order valence-electron chi connectivity index (χ2n) is 4.04. The first kappa shape index (κ1) is 12.5. The van der Waals surface area contributed by atoms with Crippen LogP contribution in [0.3, 0.4) is 0 Å². The minimum Gasteiger partial charge on any atom is -0.497 e. The third-order valence-electron chi connectivity index (χ3n) is 3.08. The Morgan fingerprint density at radius 1 is 1.22 bits per heavy atom. The first-order valence-electron chi connectivity index (χ1n) is 5.84. The van der Waals surface area contributed by atoms with Crippen LogP contribution in [0.25, 0.3) is 0 Å². The maximum atomic E-state index is 5.89. The van der Waals surface area contributed by atoms with Gasteiger partial charge in [0.2, 0.25) is 0 Å². The SMILES string of the molecule is COc1ccc(C(CN)c2cc[nH]c2)c(OC)c1. The highest BCUT2D eigenvalue weighted by atomic mass is 16.5. The lowest BCUT2D eigenvalue weighted by molar-refractivity contribution is 0.390. The molecule has 96 valence electrons. The van der Waals surface area contributed by atoms with Crippen LogP contribution in [0, 0.1) is 0 Å². The summed E-state index contributed by atoms with van der Waals surface area (Å²) < 4.78 is 10.6. The Labute approximate surface area is 107 Å². The smallest absolute Gasteiger partial charge is 0.126 e. The van der Waals surface area contributed by atoms with Crippen LogP contribution < -0.4 is 15.2 Å². The third-order valence-corrected chi connectivity index (χ3v) is 3.08. The summed E-state index contributed by atoms with van der Waals surface area (Å²) in [5.74, 6) is 1.70. The fourth-order valence-electron chi connectivity index (χ4n) is 2.10. The number of hydrogen-bond donors (Lipinski definition) is 2. The average Bonchev–Trinajstić information content (AvgIpc) is 2.94. The Morgan fingerprint density at radius 3 is 2.61 bits per heavy atom. The third kappa shape index (κ3) is 2.33. The number of hydrogen-bond acceptors (Lipinski definition) is 3. The van der Waals surface area contributed by atoms with Crippen molar-refractivity contribution in [1.82, 2.24) is 4.98 Å². The second kappa shape index (κ2) is 5.60. The number of nitrogens with one attached hydrogen (secondary N) is 1. The molecule has 18 heavy (non-hydrogen) atoms. The summed E-state index contributed by atoms with van der Waals surface area (Å²) in [6, 6.07) is 7.83. The van der Waals surface area contributed by atoms with Crippen molar-refractivity contribution in [2.75, 3.05) is 20.8 Å². The average molecular weight is 246 g/mol. The second-order valence-corrected chi connectivity index (χ2v) is 4.04. The molecule has 2 rings (SSSR count). The van der Waals surface area contributed by atoms with Crippen LogP contribution in [-0.4, -0.2) is 25.7 Å². The van der Waals surface area contributed by atoms with Gasteiger partial charge >= 0.3 is 0 Å². The van der Waals surface area contributed by atoms with Gasteiger partial charge in [0.05, 0.1) is 14.2 Å². The molecular weight excluding hydrogens is 228 g/mol. The highest BCUT2D eigenvalue weighted by Crippen LogP contribution is 2.33. The molecule has 0 radical (unpaired) electrons. The fourth-order valence-corrected chi connectivity index (χ4v) is 2.10. The number of methoxy groups -OCH3 is 2. The van der Waals surface area contributed by atoms with Gasteiger partial charge in [0.25, 0.3) is 0 Å². The lowest BCUT2D eigenvalue weighted by Crippen LogP contribution is -2.14.